The maximum Gasteiger partial charge on any atom is 0.0580 e. The summed E-state index contributed by atoms with van der Waals surface area (Å²) in [5.41, 5.74) is 1.28. The van der Waals surface area contributed by atoms with Gasteiger partial charge in [-0.2, -0.15) is 0 Å². The molecule has 2 nitrogen and oxygen atoms in total. The second kappa shape index (κ2) is 6.53. The van der Waals surface area contributed by atoms with Crippen molar-refractivity contribution in [3.8, 4) is 0 Å². The summed E-state index contributed by atoms with van der Waals surface area (Å²) < 4.78 is 1.15. The molecule has 94 valence electrons. The van der Waals surface area contributed by atoms with Crippen LogP contribution in [0.4, 0.5) is 0 Å². The SMILES string of the molecule is OC1CCCCC1CNCc1ccccc1Br. The molecule has 0 bridgehead atoms. The maximum atomic E-state index is 9.87. The fraction of sp³-hybridized carbons (Fsp3) is 0.571. The number of halogens is 1. The molecule has 1 aliphatic carbocycles. The Hall–Kier alpha value is -0.380. The maximum absolute atomic E-state index is 9.87. The van der Waals surface area contributed by atoms with Gasteiger partial charge in [0.2, 0.25) is 0 Å². The fourth-order valence-electron chi connectivity index (χ4n) is 2.46. The van der Waals surface area contributed by atoms with Gasteiger partial charge in [-0.25, -0.2) is 0 Å². The third kappa shape index (κ3) is 3.80. The number of hydrogen-bond acceptors (Lipinski definition) is 2. The van der Waals surface area contributed by atoms with E-state index in [0.717, 1.165) is 30.4 Å². The van der Waals surface area contributed by atoms with Crippen LogP contribution < -0.4 is 5.32 Å². The van der Waals surface area contributed by atoms with Crippen molar-refractivity contribution in [1.29, 1.82) is 0 Å². The summed E-state index contributed by atoms with van der Waals surface area (Å²) >= 11 is 3.54. The lowest BCUT2D eigenvalue weighted by atomic mass is 9.86. The van der Waals surface area contributed by atoms with Gasteiger partial charge in [-0.1, -0.05) is 47.0 Å². The Balaban J connectivity index is 1.77. The first-order valence-electron chi connectivity index (χ1n) is 6.39. The van der Waals surface area contributed by atoms with Crippen LogP contribution in [0.3, 0.4) is 0 Å². The number of nitrogens with one attached hydrogen (secondary N) is 1. The minimum atomic E-state index is -0.101. The third-order valence-electron chi connectivity index (χ3n) is 3.55. The van der Waals surface area contributed by atoms with E-state index >= 15 is 0 Å². The first-order chi connectivity index (χ1) is 8.27. The summed E-state index contributed by atoms with van der Waals surface area (Å²) in [5.74, 6) is 0.436. The van der Waals surface area contributed by atoms with E-state index in [-0.39, 0.29) is 6.10 Å². The molecule has 1 fully saturated rings. The predicted octanol–water partition coefficient (Wildman–Crippen LogP) is 3.09. The highest BCUT2D eigenvalue weighted by Gasteiger charge is 2.22. The van der Waals surface area contributed by atoms with Crippen molar-refractivity contribution >= 4 is 15.9 Å². The van der Waals surface area contributed by atoms with Crippen molar-refractivity contribution in [1.82, 2.24) is 5.32 Å². The fourth-order valence-corrected chi connectivity index (χ4v) is 2.89. The molecule has 0 aliphatic heterocycles. The Morgan fingerprint density at radius 2 is 2.00 bits per heavy atom. The minimum absolute atomic E-state index is 0.101. The molecule has 1 aromatic carbocycles. The summed E-state index contributed by atoms with van der Waals surface area (Å²) in [6, 6.07) is 8.26. The van der Waals surface area contributed by atoms with E-state index in [1.807, 2.05) is 6.07 Å². The van der Waals surface area contributed by atoms with E-state index in [2.05, 4.69) is 39.4 Å². The average molecular weight is 298 g/mol. The van der Waals surface area contributed by atoms with Gasteiger partial charge < -0.3 is 10.4 Å². The number of aliphatic hydroxyl groups is 1. The van der Waals surface area contributed by atoms with Crippen molar-refractivity contribution in [2.24, 2.45) is 5.92 Å². The predicted molar refractivity (Wildman–Crippen MR) is 73.8 cm³/mol. The van der Waals surface area contributed by atoms with Crippen LogP contribution in [0, 0.1) is 5.92 Å². The van der Waals surface area contributed by atoms with Crippen LogP contribution in [0.1, 0.15) is 31.2 Å². The molecule has 2 rings (SSSR count). The Morgan fingerprint density at radius 3 is 2.76 bits per heavy atom. The first kappa shape index (κ1) is 13.1. The topological polar surface area (TPSA) is 32.3 Å². The zero-order valence-electron chi connectivity index (χ0n) is 10.0. The van der Waals surface area contributed by atoms with Gasteiger partial charge in [0, 0.05) is 17.6 Å². The van der Waals surface area contributed by atoms with Crippen molar-refractivity contribution < 1.29 is 5.11 Å². The van der Waals surface area contributed by atoms with E-state index in [0.29, 0.717) is 5.92 Å². The molecule has 1 saturated carbocycles. The molecule has 3 heteroatoms. The molecule has 1 aliphatic rings. The van der Waals surface area contributed by atoms with Gasteiger partial charge in [-0.05, 0) is 30.4 Å². The monoisotopic (exact) mass is 297 g/mol. The molecule has 0 spiro atoms. The van der Waals surface area contributed by atoms with E-state index in [4.69, 9.17) is 0 Å². The van der Waals surface area contributed by atoms with Crippen LogP contribution in [0.2, 0.25) is 0 Å². The lowest BCUT2D eigenvalue weighted by Crippen LogP contribution is -2.33. The Bertz CT molecular complexity index is 356. The number of benzene rings is 1. The second-order valence-corrected chi connectivity index (χ2v) is 5.69. The molecule has 0 amide bonds. The highest BCUT2D eigenvalue weighted by molar-refractivity contribution is 9.10. The number of aliphatic hydroxyl groups excluding tert-OH is 1. The molecule has 0 saturated heterocycles. The van der Waals surface area contributed by atoms with Gasteiger partial charge in [0.1, 0.15) is 0 Å². The molecule has 2 atom stereocenters. The lowest BCUT2D eigenvalue weighted by Gasteiger charge is -2.27. The van der Waals surface area contributed by atoms with Crippen LogP contribution in [0.25, 0.3) is 0 Å². The van der Waals surface area contributed by atoms with Crippen LogP contribution in [-0.4, -0.2) is 17.8 Å². The van der Waals surface area contributed by atoms with Crippen molar-refractivity contribution in [3.05, 3.63) is 34.3 Å². The molecule has 0 radical (unpaired) electrons. The summed E-state index contributed by atoms with van der Waals surface area (Å²) in [4.78, 5) is 0. The van der Waals surface area contributed by atoms with E-state index in [9.17, 15) is 5.11 Å². The second-order valence-electron chi connectivity index (χ2n) is 4.83. The Labute approximate surface area is 112 Å². The van der Waals surface area contributed by atoms with Gasteiger partial charge in [0.05, 0.1) is 6.10 Å². The summed E-state index contributed by atoms with van der Waals surface area (Å²) in [5, 5.41) is 13.3. The van der Waals surface area contributed by atoms with Crippen molar-refractivity contribution in [3.63, 3.8) is 0 Å². The smallest absolute Gasteiger partial charge is 0.0580 e. The number of hydrogen-bond donors (Lipinski definition) is 2. The van der Waals surface area contributed by atoms with Crippen LogP contribution in [0.15, 0.2) is 28.7 Å². The summed E-state index contributed by atoms with van der Waals surface area (Å²) in [6.07, 6.45) is 4.47. The van der Waals surface area contributed by atoms with Gasteiger partial charge >= 0.3 is 0 Å². The standard InChI is InChI=1S/C14H20BrNO/c15-13-7-3-1-5-11(13)9-16-10-12-6-2-4-8-14(12)17/h1,3,5,7,12,14,16-17H,2,4,6,8-10H2. The van der Waals surface area contributed by atoms with Crippen LogP contribution in [-0.2, 0) is 6.54 Å². The summed E-state index contributed by atoms with van der Waals surface area (Å²) in [7, 11) is 0. The van der Waals surface area contributed by atoms with E-state index < -0.39 is 0 Å². The highest BCUT2D eigenvalue weighted by atomic mass is 79.9. The minimum Gasteiger partial charge on any atom is -0.393 e. The first-order valence-corrected chi connectivity index (χ1v) is 7.19. The quantitative estimate of drug-likeness (QED) is 0.895. The third-order valence-corrected chi connectivity index (χ3v) is 4.32. The summed E-state index contributed by atoms with van der Waals surface area (Å²) in [6.45, 7) is 1.78. The van der Waals surface area contributed by atoms with Crippen molar-refractivity contribution in [2.75, 3.05) is 6.54 Å². The molecule has 0 heterocycles. The lowest BCUT2D eigenvalue weighted by molar-refractivity contribution is 0.0695. The molecule has 2 N–H and O–H groups in total. The number of rotatable bonds is 4. The van der Waals surface area contributed by atoms with E-state index in [1.54, 1.807) is 0 Å². The Morgan fingerprint density at radius 1 is 1.24 bits per heavy atom. The molecular weight excluding hydrogens is 278 g/mol. The Kier molecular flexibility index (Phi) is 5.01. The molecule has 2 unspecified atom stereocenters. The largest absolute Gasteiger partial charge is 0.393 e. The van der Waals surface area contributed by atoms with Crippen molar-refractivity contribution in [2.45, 2.75) is 38.3 Å². The van der Waals surface area contributed by atoms with Crippen LogP contribution in [0.5, 0.6) is 0 Å². The molecular formula is C14H20BrNO. The van der Waals surface area contributed by atoms with Gasteiger partial charge in [0.15, 0.2) is 0 Å². The zero-order valence-corrected chi connectivity index (χ0v) is 11.6. The zero-order chi connectivity index (χ0) is 12.1. The van der Waals surface area contributed by atoms with Crippen LogP contribution >= 0.6 is 15.9 Å². The van der Waals surface area contributed by atoms with E-state index in [1.165, 1.54) is 18.4 Å². The van der Waals surface area contributed by atoms with Gasteiger partial charge in [-0.3, -0.25) is 0 Å². The van der Waals surface area contributed by atoms with Gasteiger partial charge in [-0.15, -0.1) is 0 Å². The molecule has 17 heavy (non-hydrogen) atoms. The average Bonchev–Trinajstić information content (AvgIpc) is 2.34. The normalized spacial score (nSPS) is 24.8. The van der Waals surface area contributed by atoms with Gasteiger partial charge in [0.25, 0.3) is 0 Å². The molecule has 1 aromatic rings. The molecule has 0 aromatic heterocycles. The highest BCUT2D eigenvalue weighted by Crippen LogP contribution is 2.24.